The maximum atomic E-state index is 12.3. The number of carboxylic acids is 1. The van der Waals surface area contributed by atoms with E-state index in [-0.39, 0.29) is 11.1 Å². The van der Waals surface area contributed by atoms with E-state index >= 15 is 0 Å². The second-order valence-corrected chi connectivity index (χ2v) is 8.09. The van der Waals surface area contributed by atoms with Gasteiger partial charge in [0.05, 0.1) is 32.8 Å². The minimum Gasteiger partial charge on any atom is -0.478 e. The van der Waals surface area contributed by atoms with Crippen molar-refractivity contribution in [1.82, 2.24) is 15.0 Å². The Balaban J connectivity index is 1.67. The van der Waals surface area contributed by atoms with Crippen molar-refractivity contribution in [1.29, 1.82) is 0 Å². The van der Waals surface area contributed by atoms with Crippen molar-refractivity contribution in [2.75, 3.05) is 0 Å². The van der Waals surface area contributed by atoms with Crippen LogP contribution in [0.15, 0.2) is 46.2 Å². The lowest BCUT2D eigenvalue weighted by Gasteiger charge is -2.10. The molecule has 0 aliphatic rings. The van der Waals surface area contributed by atoms with Crippen molar-refractivity contribution in [3.63, 3.8) is 0 Å². The quantitative estimate of drug-likeness (QED) is 0.489. The number of nitrogens with zero attached hydrogens (tertiary/aromatic N) is 2. The third-order valence-electron chi connectivity index (χ3n) is 4.79. The smallest absolute Gasteiger partial charge is 0.335 e. The molecule has 146 valence electrons. The maximum Gasteiger partial charge on any atom is 0.335 e. The number of carboxylic acid groups (broad SMARTS) is 1. The Morgan fingerprint density at radius 2 is 1.83 bits per heavy atom. The number of aromatic amines is 1. The van der Waals surface area contributed by atoms with E-state index in [0.29, 0.717) is 22.5 Å². The Morgan fingerprint density at radius 1 is 1.03 bits per heavy atom. The van der Waals surface area contributed by atoms with E-state index in [1.165, 1.54) is 35.5 Å². The molecule has 2 N–H and O–H groups in total. The van der Waals surface area contributed by atoms with Gasteiger partial charge in [-0.15, -0.1) is 0 Å². The summed E-state index contributed by atoms with van der Waals surface area (Å²) in [6.45, 7) is 6.20. The summed E-state index contributed by atoms with van der Waals surface area (Å²) in [5.41, 5.74) is 4.66. The first-order valence-corrected chi connectivity index (χ1v) is 10.1. The molecule has 7 heteroatoms. The van der Waals surface area contributed by atoms with E-state index in [1.807, 2.05) is 6.07 Å². The van der Waals surface area contributed by atoms with Crippen molar-refractivity contribution in [2.24, 2.45) is 0 Å². The number of carbonyl (C=O) groups is 1. The van der Waals surface area contributed by atoms with Gasteiger partial charge in [-0.2, -0.15) is 0 Å². The predicted molar refractivity (Wildman–Crippen MR) is 115 cm³/mol. The van der Waals surface area contributed by atoms with Crippen LogP contribution in [0.5, 0.6) is 0 Å². The molecule has 2 heterocycles. The molecule has 0 atom stereocenters. The molecule has 2 aromatic heterocycles. The summed E-state index contributed by atoms with van der Waals surface area (Å²) < 4.78 is 0. The van der Waals surface area contributed by atoms with Gasteiger partial charge in [0.15, 0.2) is 0 Å². The zero-order valence-corrected chi connectivity index (χ0v) is 17.1. The van der Waals surface area contributed by atoms with Crippen LogP contribution in [0.25, 0.3) is 21.8 Å². The summed E-state index contributed by atoms with van der Waals surface area (Å²) in [6.07, 6.45) is 0. The molecule has 6 nitrogen and oxygen atoms in total. The van der Waals surface area contributed by atoms with Gasteiger partial charge >= 0.3 is 5.97 Å². The Morgan fingerprint density at radius 3 is 2.59 bits per heavy atom. The van der Waals surface area contributed by atoms with Gasteiger partial charge in [0.2, 0.25) is 0 Å². The highest BCUT2D eigenvalue weighted by Crippen LogP contribution is 2.28. The van der Waals surface area contributed by atoms with Crippen molar-refractivity contribution < 1.29 is 9.90 Å². The summed E-state index contributed by atoms with van der Waals surface area (Å²) in [5, 5.41) is 11.5. The molecule has 0 bridgehead atoms. The first kappa shape index (κ1) is 19.1. The highest BCUT2D eigenvalue weighted by Gasteiger charge is 2.11. The van der Waals surface area contributed by atoms with Gasteiger partial charge in [-0.3, -0.25) is 4.79 Å². The highest BCUT2D eigenvalue weighted by atomic mass is 32.2. The third kappa shape index (κ3) is 3.73. The van der Waals surface area contributed by atoms with E-state index in [4.69, 9.17) is 10.1 Å². The average Bonchev–Trinajstić information content (AvgIpc) is 2.67. The van der Waals surface area contributed by atoms with Gasteiger partial charge in [0.25, 0.3) is 5.56 Å². The van der Waals surface area contributed by atoms with Crippen LogP contribution in [0.3, 0.4) is 0 Å². The number of aromatic carboxylic acids is 1. The zero-order valence-electron chi connectivity index (χ0n) is 16.2. The van der Waals surface area contributed by atoms with Crippen molar-refractivity contribution in [3.8, 4) is 0 Å². The fourth-order valence-corrected chi connectivity index (χ4v) is 4.26. The number of aryl methyl sites for hydroxylation is 3. The summed E-state index contributed by atoms with van der Waals surface area (Å²) in [7, 11) is 0. The topological polar surface area (TPSA) is 95.9 Å². The number of aromatic nitrogens is 3. The summed E-state index contributed by atoms with van der Waals surface area (Å²) in [6, 6.07) is 10.6. The molecule has 0 saturated carbocycles. The predicted octanol–water partition coefficient (Wildman–Crippen LogP) is 4.39. The SMILES string of the molecule is Cc1cc(C)c2nc(SCc3nc4cc(C(=O)O)ccc4c(=O)[nH]3)cc(C)c2c1. The van der Waals surface area contributed by atoms with Gasteiger partial charge in [0, 0.05) is 5.39 Å². The molecule has 0 aliphatic carbocycles. The van der Waals surface area contributed by atoms with Gasteiger partial charge in [-0.05, 0) is 62.2 Å². The molecule has 0 radical (unpaired) electrons. The minimum absolute atomic E-state index is 0.104. The number of thioether (sulfide) groups is 1. The third-order valence-corrected chi connectivity index (χ3v) is 5.71. The average molecular weight is 405 g/mol. The lowest BCUT2D eigenvalue weighted by molar-refractivity contribution is 0.0697. The van der Waals surface area contributed by atoms with Crippen LogP contribution >= 0.6 is 11.8 Å². The fourth-order valence-electron chi connectivity index (χ4n) is 3.42. The molecule has 0 saturated heterocycles. The molecule has 0 aliphatic heterocycles. The molecular formula is C22H19N3O3S. The Bertz CT molecular complexity index is 1340. The molecule has 2 aromatic carbocycles. The molecule has 0 amide bonds. The number of benzene rings is 2. The lowest BCUT2D eigenvalue weighted by atomic mass is 10.0. The van der Waals surface area contributed by atoms with Crippen molar-refractivity contribution in [3.05, 3.63) is 74.8 Å². The van der Waals surface area contributed by atoms with Gasteiger partial charge < -0.3 is 10.1 Å². The summed E-state index contributed by atoms with van der Waals surface area (Å²) in [4.78, 5) is 35.5. The van der Waals surface area contributed by atoms with Crippen LogP contribution < -0.4 is 5.56 Å². The minimum atomic E-state index is -1.05. The van der Waals surface area contributed by atoms with Gasteiger partial charge in [0.1, 0.15) is 5.82 Å². The zero-order chi connectivity index (χ0) is 20.7. The molecule has 0 spiro atoms. The Kier molecular flexibility index (Phi) is 4.84. The largest absolute Gasteiger partial charge is 0.478 e. The molecule has 0 fully saturated rings. The first-order valence-electron chi connectivity index (χ1n) is 9.09. The molecule has 0 unspecified atom stereocenters. The first-order chi connectivity index (χ1) is 13.8. The second kappa shape index (κ2) is 7.33. The lowest BCUT2D eigenvalue weighted by Crippen LogP contribution is -2.12. The van der Waals surface area contributed by atoms with Crippen LogP contribution in [0.1, 0.15) is 32.9 Å². The van der Waals surface area contributed by atoms with E-state index in [1.54, 1.807) is 0 Å². The number of hydrogen-bond donors (Lipinski definition) is 2. The molecular weight excluding hydrogens is 386 g/mol. The number of pyridine rings is 1. The summed E-state index contributed by atoms with van der Waals surface area (Å²) >= 11 is 1.48. The van der Waals surface area contributed by atoms with Gasteiger partial charge in [-0.25, -0.2) is 14.8 Å². The molecule has 4 rings (SSSR count). The van der Waals surface area contributed by atoms with Crippen molar-refractivity contribution >= 4 is 39.5 Å². The maximum absolute atomic E-state index is 12.3. The number of H-pyrrole nitrogens is 1. The number of hydrogen-bond acceptors (Lipinski definition) is 5. The van der Waals surface area contributed by atoms with Gasteiger partial charge in [-0.1, -0.05) is 23.4 Å². The standard InChI is InChI=1S/C22H19N3O3S/c1-11-6-13(3)20-16(7-11)12(2)8-19(25-20)29-10-18-23-17-9-14(22(27)28)4-5-15(17)21(26)24-18/h4-9H,10H2,1-3H3,(H,27,28)(H,23,24,26). The number of nitrogens with one attached hydrogen (secondary N) is 1. The van der Waals surface area contributed by atoms with E-state index in [0.717, 1.165) is 27.1 Å². The Labute approximate surface area is 171 Å². The van der Waals surface area contributed by atoms with Crippen LogP contribution in [-0.2, 0) is 5.75 Å². The molecule has 4 aromatic rings. The van der Waals surface area contributed by atoms with Crippen LogP contribution in [0, 0.1) is 20.8 Å². The monoisotopic (exact) mass is 405 g/mol. The van der Waals surface area contributed by atoms with Crippen LogP contribution in [0.4, 0.5) is 0 Å². The van der Waals surface area contributed by atoms with E-state index in [2.05, 4.69) is 42.9 Å². The normalized spacial score (nSPS) is 11.3. The summed E-state index contributed by atoms with van der Waals surface area (Å²) in [5.74, 6) is -0.146. The highest BCUT2D eigenvalue weighted by molar-refractivity contribution is 7.98. The van der Waals surface area contributed by atoms with Crippen LogP contribution in [-0.4, -0.2) is 26.0 Å². The fraction of sp³-hybridized carbons (Fsp3) is 0.182. The van der Waals surface area contributed by atoms with E-state index < -0.39 is 5.97 Å². The number of rotatable bonds is 4. The van der Waals surface area contributed by atoms with Crippen LogP contribution in [0.2, 0.25) is 0 Å². The second-order valence-electron chi connectivity index (χ2n) is 7.09. The Hall–Kier alpha value is -3.19. The van der Waals surface area contributed by atoms with Crippen molar-refractivity contribution in [2.45, 2.75) is 31.6 Å². The molecule has 29 heavy (non-hydrogen) atoms. The van der Waals surface area contributed by atoms with E-state index in [9.17, 15) is 9.59 Å². The number of fused-ring (bicyclic) bond motifs is 2.